The molecule has 5 nitrogen and oxygen atoms in total. The first kappa shape index (κ1) is 17.4. The van der Waals surface area contributed by atoms with Crippen molar-refractivity contribution in [3.8, 4) is 5.75 Å². The molecule has 1 aliphatic heterocycles. The Morgan fingerprint density at radius 1 is 1.04 bits per heavy atom. The van der Waals surface area contributed by atoms with Crippen molar-refractivity contribution in [3.05, 3.63) is 70.3 Å². The zero-order valence-electron chi connectivity index (χ0n) is 14.7. The number of rotatable bonds is 5. The van der Waals surface area contributed by atoms with Crippen LogP contribution >= 0.6 is 0 Å². The summed E-state index contributed by atoms with van der Waals surface area (Å²) in [5, 5.41) is 10.8. The summed E-state index contributed by atoms with van der Waals surface area (Å²) in [5.74, 6) is 0.674. The van der Waals surface area contributed by atoms with Gasteiger partial charge in [0.25, 0.3) is 5.69 Å². The van der Waals surface area contributed by atoms with Crippen molar-refractivity contribution < 1.29 is 9.66 Å². The molecule has 0 N–H and O–H groups in total. The van der Waals surface area contributed by atoms with Crippen molar-refractivity contribution in [1.82, 2.24) is 4.90 Å². The van der Waals surface area contributed by atoms with E-state index in [0.29, 0.717) is 11.8 Å². The monoisotopic (exact) mass is 340 g/mol. The Bertz CT molecular complexity index is 705. The third-order valence-corrected chi connectivity index (χ3v) is 5.00. The quantitative estimate of drug-likeness (QED) is 0.599. The molecule has 1 aliphatic rings. The standard InChI is InChI=1S/C20H24N2O3/c1-16(2)21-14-12-20(13-15-21,17-6-4-3-5-7-17)25-19-10-8-18(9-11-19)22(23)24/h3-11,16H,12-15H2,1-2H3. The van der Waals surface area contributed by atoms with Gasteiger partial charge in [-0.05, 0) is 31.5 Å². The summed E-state index contributed by atoms with van der Waals surface area (Å²) in [7, 11) is 0. The Hall–Kier alpha value is -2.40. The largest absolute Gasteiger partial charge is 0.482 e. The number of nitro benzene ring substituents is 1. The SMILES string of the molecule is CC(C)N1CCC(Oc2ccc([N+](=O)[O-])cc2)(c2ccccc2)CC1. The van der Waals surface area contributed by atoms with E-state index < -0.39 is 4.92 Å². The van der Waals surface area contributed by atoms with Gasteiger partial charge in [0, 0.05) is 44.1 Å². The van der Waals surface area contributed by atoms with E-state index in [2.05, 4.69) is 30.9 Å². The maximum atomic E-state index is 10.8. The summed E-state index contributed by atoms with van der Waals surface area (Å²) in [6.45, 7) is 6.37. The summed E-state index contributed by atoms with van der Waals surface area (Å²) in [6, 6.07) is 17.2. The molecule has 5 heteroatoms. The van der Waals surface area contributed by atoms with Crippen molar-refractivity contribution in [2.45, 2.75) is 38.3 Å². The second-order valence-corrected chi connectivity index (χ2v) is 6.84. The summed E-state index contributed by atoms with van der Waals surface area (Å²) < 4.78 is 6.44. The minimum absolute atomic E-state index is 0.0794. The van der Waals surface area contributed by atoms with Crippen LogP contribution in [0.5, 0.6) is 5.75 Å². The minimum atomic E-state index is -0.391. The number of benzene rings is 2. The molecule has 0 bridgehead atoms. The van der Waals surface area contributed by atoms with Gasteiger partial charge in [0.05, 0.1) is 4.92 Å². The van der Waals surface area contributed by atoms with E-state index in [1.807, 2.05) is 18.2 Å². The third-order valence-electron chi connectivity index (χ3n) is 5.00. The lowest BCUT2D eigenvalue weighted by Gasteiger charge is -2.43. The number of piperidine rings is 1. The molecule has 0 saturated carbocycles. The molecule has 0 amide bonds. The van der Waals surface area contributed by atoms with Gasteiger partial charge < -0.3 is 9.64 Å². The van der Waals surface area contributed by atoms with Crippen LogP contribution in [-0.4, -0.2) is 29.0 Å². The molecular weight excluding hydrogens is 316 g/mol. The van der Waals surface area contributed by atoms with Crippen LogP contribution in [0.3, 0.4) is 0 Å². The van der Waals surface area contributed by atoms with Crippen molar-refractivity contribution in [1.29, 1.82) is 0 Å². The van der Waals surface area contributed by atoms with E-state index in [4.69, 9.17) is 4.74 Å². The predicted molar refractivity (Wildman–Crippen MR) is 97.8 cm³/mol. The fourth-order valence-electron chi connectivity index (χ4n) is 3.45. The first-order chi connectivity index (χ1) is 12.0. The number of non-ortho nitro benzene ring substituents is 1. The highest BCUT2D eigenvalue weighted by Crippen LogP contribution is 2.38. The Kier molecular flexibility index (Phi) is 5.04. The second kappa shape index (κ2) is 7.23. The van der Waals surface area contributed by atoms with E-state index >= 15 is 0 Å². The molecule has 1 fully saturated rings. The summed E-state index contributed by atoms with van der Waals surface area (Å²) >= 11 is 0. The molecule has 132 valence electrons. The summed E-state index contributed by atoms with van der Waals surface area (Å²) in [6.07, 6.45) is 1.79. The van der Waals surface area contributed by atoms with Gasteiger partial charge in [-0.25, -0.2) is 0 Å². The van der Waals surface area contributed by atoms with Crippen LogP contribution in [0.2, 0.25) is 0 Å². The molecule has 0 aliphatic carbocycles. The summed E-state index contributed by atoms with van der Waals surface area (Å²) in [4.78, 5) is 12.9. The van der Waals surface area contributed by atoms with E-state index in [9.17, 15) is 10.1 Å². The van der Waals surface area contributed by atoms with Crippen molar-refractivity contribution in [3.63, 3.8) is 0 Å². The number of ether oxygens (including phenoxy) is 1. The molecule has 25 heavy (non-hydrogen) atoms. The number of nitro groups is 1. The van der Waals surface area contributed by atoms with Gasteiger partial charge in [0.2, 0.25) is 0 Å². The normalized spacial score (nSPS) is 17.4. The highest BCUT2D eigenvalue weighted by molar-refractivity contribution is 5.37. The van der Waals surface area contributed by atoms with Crippen molar-refractivity contribution in [2.24, 2.45) is 0 Å². The molecule has 0 unspecified atom stereocenters. The number of hydrogen-bond acceptors (Lipinski definition) is 4. The van der Waals surface area contributed by atoms with Gasteiger partial charge in [-0.3, -0.25) is 10.1 Å². The Morgan fingerprint density at radius 2 is 1.64 bits per heavy atom. The van der Waals surface area contributed by atoms with Crippen molar-refractivity contribution >= 4 is 5.69 Å². The van der Waals surface area contributed by atoms with E-state index in [1.54, 1.807) is 12.1 Å². The zero-order valence-corrected chi connectivity index (χ0v) is 14.7. The molecule has 0 spiro atoms. The van der Waals surface area contributed by atoms with Gasteiger partial charge >= 0.3 is 0 Å². The number of hydrogen-bond donors (Lipinski definition) is 0. The lowest BCUT2D eigenvalue weighted by molar-refractivity contribution is -0.384. The molecular formula is C20H24N2O3. The lowest BCUT2D eigenvalue weighted by Crippen LogP contribution is -2.48. The molecule has 0 radical (unpaired) electrons. The highest BCUT2D eigenvalue weighted by Gasteiger charge is 2.39. The second-order valence-electron chi connectivity index (χ2n) is 6.84. The van der Waals surface area contributed by atoms with Gasteiger partial charge in [0.15, 0.2) is 0 Å². The number of nitrogens with zero attached hydrogens (tertiary/aromatic N) is 2. The predicted octanol–water partition coefficient (Wildman–Crippen LogP) is 4.37. The highest BCUT2D eigenvalue weighted by atomic mass is 16.6. The van der Waals surface area contributed by atoms with E-state index in [-0.39, 0.29) is 11.3 Å². The maximum Gasteiger partial charge on any atom is 0.269 e. The topological polar surface area (TPSA) is 55.6 Å². The summed E-state index contributed by atoms with van der Waals surface area (Å²) in [5.41, 5.74) is 0.857. The Labute approximate surface area is 148 Å². The van der Waals surface area contributed by atoms with Crippen LogP contribution in [0, 0.1) is 10.1 Å². The van der Waals surface area contributed by atoms with E-state index in [0.717, 1.165) is 31.5 Å². The van der Waals surface area contributed by atoms with Gasteiger partial charge in [-0.1, -0.05) is 30.3 Å². The molecule has 0 atom stereocenters. The van der Waals surface area contributed by atoms with Crippen LogP contribution < -0.4 is 4.74 Å². The zero-order chi connectivity index (χ0) is 17.9. The fraction of sp³-hybridized carbons (Fsp3) is 0.400. The smallest absolute Gasteiger partial charge is 0.269 e. The third kappa shape index (κ3) is 3.82. The first-order valence-corrected chi connectivity index (χ1v) is 8.73. The average molecular weight is 340 g/mol. The molecule has 1 heterocycles. The maximum absolute atomic E-state index is 10.8. The van der Waals surface area contributed by atoms with Crippen LogP contribution in [0.4, 0.5) is 5.69 Å². The van der Waals surface area contributed by atoms with Crippen molar-refractivity contribution in [2.75, 3.05) is 13.1 Å². The molecule has 2 aromatic rings. The minimum Gasteiger partial charge on any atom is -0.482 e. The molecule has 2 aromatic carbocycles. The molecule has 0 aromatic heterocycles. The first-order valence-electron chi connectivity index (χ1n) is 8.73. The lowest BCUT2D eigenvalue weighted by atomic mass is 9.83. The molecule has 3 rings (SSSR count). The molecule has 1 saturated heterocycles. The van der Waals surface area contributed by atoms with Crippen LogP contribution in [-0.2, 0) is 5.60 Å². The number of likely N-dealkylation sites (tertiary alicyclic amines) is 1. The van der Waals surface area contributed by atoms with Gasteiger partial charge in [-0.15, -0.1) is 0 Å². The van der Waals surface area contributed by atoms with E-state index in [1.165, 1.54) is 12.1 Å². The fourth-order valence-corrected chi connectivity index (χ4v) is 3.45. The van der Waals surface area contributed by atoms with Gasteiger partial charge in [-0.2, -0.15) is 0 Å². The van der Waals surface area contributed by atoms with Crippen LogP contribution in [0.25, 0.3) is 0 Å². The van der Waals surface area contributed by atoms with Crippen LogP contribution in [0.15, 0.2) is 54.6 Å². The van der Waals surface area contributed by atoms with Crippen LogP contribution in [0.1, 0.15) is 32.3 Å². The Balaban J connectivity index is 1.86. The van der Waals surface area contributed by atoms with Gasteiger partial charge in [0.1, 0.15) is 11.4 Å². The average Bonchev–Trinajstić information content (AvgIpc) is 2.63. The Morgan fingerprint density at radius 3 is 2.16 bits per heavy atom.